The van der Waals surface area contributed by atoms with E-state index in [0.717, 1.165) is 30.9 Å². The van der Waals surface area contributed by atoms with E-state index >= 15 is 0 Å². The van der Waals surface area contributed by atoms with Gasteiger partial charge in [-0.25, -0.2) is 0 Å². The molecule has 5 heteroatoms. The van der Waals surface area contributed by atoms with Crippen LogP contribution in [0.15, 0.2) is 48.6 Å². The van der Waals surface area contributed by atoms with Gasteiger partial charge in [-0.3, -0.25) is 9.59 Å². The number of rotatable bonds is 1. The summed E-state index contributed by atoms with van der Waals surface area (Å²) < 4.78 is 4.97. The SMILES string of the molecule is CC(=O)O.CC(=O)Oc1ccc2c(c1)C=CC2.Oc1ccc2c(c1)C=CC2. The fourth-order valence-corrected chi connectivity index (χ4v) is 2.69. The minimum Gasteiger partial charge on any atom is -0.508 e. The van der Waals surface area contributed by atoms with Crippen LogP contribution in [0.25, 0.3) is 12.2 Å². The first-order valence-electron chi connectivity index (χ1n) is 8.51. The van der Waals surface area contributed by atoms with Crippen molar-refractivity contribution in [3.8, 4) is 11.5 Å². The number of esters is 1. The number of hydrogen-bond acceptors (Lipinski definition) is 4. The van der Waals surface area contributed by atoms with Crippen LogP contribution in [0.2, 0.25) is 0 Å². The lowest BCUT2D eigenvalue weighted by atomic mass is 10.1. The molecule has 27 heavy (non-hydrogen) atoms. The number of phenolic OH excluding ortho intramolecular Hbond substituents is 1. The maximum Gasteiger partial charge on any atom is 0.308 e. The molecule has 2 N–H and O–H groups in total. The van der Waals surface area contributed by atoms with Crippen LogP contribution in [0.5, 0.6) is 11.5 Å². The summed E-state index contributed by atoms with van der Waals surface area (Å²) in [4.78, 5) is 19.7. The lowest BCUT2D eigenvalue weighted by molar-refractivity contribution is -0.134. The van der Waals surface area contributed by atoms with Crippen molar-refractivity contribution in [3.63, 3.8) is 0 Å². The van der Waals surface area contributed by atoms with Gasteiger partial charge in [-0.15, -0.1) is 0 Å². The Bertz CT molecular complexity index is 890. The normalized spacial score (nSPS) is 12.1. The monoisotopic (exact) mass is 366 g/mol. The number of ether oxygens (including phenoxy) is 1. The Morgan fingerprint density at radius 3 is 1.96 bits per heavy atom. The maximum absolute atomic E-state index is 10.7. The Hall–Kier alpha value is -3.34. The molecule has 0 heterocycles. The average molecular weight is 366 g/mol. The van der Waals surface area contributed by atoms with Gasteiger partial charge in [0, 0.05) is 13.8 Å². The van der Waals surface area contributed by atoms with E-state index in [2.05, 4.69) is 12.2 Å². The standard InChI is InChI=1S/C11H10O2.C9H8O.C2H4O2/c1-8(12)13-11-6-5-9-3-2-4-10(9)7-11;10-9-5-4-7-2-1-3-8(7)6-9;1-2(3)4/h2,4-7H,3H2,1H3;1,3-6,10H,2H2;1H3,(H,3,4). The predicted molar refractivity (Wildman–Crippen MR) is 105 cm³/mol. The van der Waals surface area contributed by atoms with E-state index in [0.29, 0.717) is 11.5 Å². The van der Waals surface area contributed by atoms with E-state index in [9.17, 15) is 4.79 Å². The second kappa shape index (κ2) is 9.38. The molecule has 0 spiro atoms. The third-order valence-electron chi connectivity index (χ3n) is 3.78. The van der Waals surface area contributed by atoms with Gasteiger partial charge in [0.15, 0.2) is 0 Å². The van der Waals surface area contributed by atoms with Crippen molar-refractivity contribution in [1.82, 2.24) is 0 Å². The van der Waals surface area contributed by atoms with Gasteiger partial charge in [-0.05, 0) is 59.4 Å². The molecule has 0 bridgehead atoms. The highest BCUT2D eigenvalue weighted by Crippen LogP contribution is 2.24. The Labute approximate surface area is 158 Å². The molecule has 2 aromatic rings. The van der Waals surface area contributed by atoms with Crippen molar-refractivity contribution < 1.29 is 24.5 Å². The van der Waals surface area contributed by atoms with Crippen LogP contribution in [0, 0.1) is 0 Å². The number of fused-ring (bicyclic) bond motifs is 2. The van der Waals surface area contributed by atoms with Gasteiger partial charge < -0.3 is 14.9 Å². The van der Waals surface area contributed by atoms with Crippen molar-refractivity contribution in [2.24, 2.45) is 0 Å². The third kappa shape index (κ3) is 6.47. The third-order valence-corrected chi connectivity index (χ3v) is 3.78. The maximum atomic E-state index is 10.7. The van der Waals surface area contributed by atoms with Crippen LogP contribution in [0.1, 0.15) is 36.1 Å². The minimum atomic E-state index is -0.833. The number of carboxylic acid groups (broad SMARTS) is 1. The molecule has 140 valence electrons. The van der Waals surface area contributed by atoms with Crippen molar-refractivity contribution in [2.45, 2.75) is 26.7 Å². The van der Waals surface area contributed by atoms with Crippen LogP contribution in [-0.4, -0.2) is 22.2 Å². The van der Waals surface area contributed by atoms with Crippen molar-refractivity contribution in [2.75, 3.05) is 0 Å². The molecule has 0 unspecified atom stereocenters. The quantitative estimate of drug-likeness (QED) is 0.583. The molecule has 0 aliphatic heterocycles. The zero-order valence-corrected chi connectivity index (χ0v) is 15.3. The highest BCUT2D eigenvalue weighted by atomic mass is 16.5. The molecule has 0 radical (unpaired) electrons. The largest absolute Gasteiger partial charge is 0.508 e. The van der Waals surface area contributed by atoms with Crippen molar-refractivity contribution in [1.29, 1.82) is 0 Å². The van der Waals surface area contributed by atoms with E-state index in [1.54, 1.807) is 12.1 Å². The molecule has 2 aliphatic carbocycles. The fourth-order valence-electron chi connectivity index (χ4n) is 2.69. The van der Waals surface area contributed by atoms with Crippen LogP contribution < -0.4 is 4.74 Å². The Morgan fingerprint density at radius 1 is 0.889 bits per heavy atom. The Kier molecular flexibility index (Phi) is 6.94. The zero-order chi connectivity index (χ0) is 19.8. The Morgan fingerprint density at radius 2 is 1.41 bits per heavy atom. The highest BCUT2D eigenvalue weighted by molar-refractivity contribution is 5.70. The first-order chi connectivity index (χ1) is 12.8. The van der Waals surface area contributed by atoms with Crippen molar-refractivity contribution >= 4 is 24.1 Å². The molecule has 0 saturated carbocycles. The smallest absolute Gasteiger partial charge is 0.308 e. The number of aromatic hydroxyl groups is 1. The molecule has 0 aromatic heterocycles. The summed E-state index contributed by atoms with van der Waals surface area (Å²) >= 11 is 0. The van der Waals surface area contributed by atoms with Crippen LogP contribution in [0.3, 0.4) is 0 Å². The number of allylic oxidation sites excluding steroid dienone is 2. The first-order valence-corrected chi connectivity index (χ1v) is 8.51. The summed E-state index contributed by atoms with van der Waals surface area (Å²) in [5.74, 6) is -0.134. The second-order valence-electron chi connectivity index (χ2n) is 6.07. The summed E-state index contributed by atoms with van der Waals surface area (Å²) in [6, 6.07) is 11.2. The van der Waals surface area contributed by atoms with Gasteiger partial charge in [0.05, 0.1) is 0 Å². The first kappa shape index (κ1) is 20.0. The van der Waals surface area contributed by atoms with E-state index in [-0.39, 0.29) is 5.97 Å². The summed E-state index contributed by atoms with van der Waals surface area (Å²) in [7, 11) is 0. The summed E-state index contributed by atoms with van der Waals surface area (Å²) in [5.41, 5.74) is 4.90. The molecule has 0 saturated heterocycles. The van der Waals surface area contributed by atoms with E-state index in [1.807, 2.05) is 36.4 Å². The molecule has 2 aliphatic rings. The lowest BCUT2D eigenvalue weighted by Crippen LogP contribution is -2.01. The van der Waals surface area contributed by atoms with E-state index in [4.69, 9.17) is 19.7 Å². The minimum absolute atomic E-state index is 0.276. The lowest BCUT2D eigenvalue weighted by Gasteiger charge is -2.03. The van der Waals surface area contributed by atoms with Gasteiger partial charge in [-0.1, -0.05) is 36.4 Å². The number of carbonyl (C=O) groups excluding carboxylic acids is 1. The number of benzene rings is 2. The molecule has 4 rings (SSSR count). The summed E-state index contributed by atoms with van der Waals surface area (Å²) in [5, 5.41) is 16.5. The van der Waals surface area contributed by atoms with Crippen LogP contribution in [0.4, 0.5) is 0 Å². The van der Waals surface area contributed by atoms with Crippen molar-refractivity contribution in [3.05, 3.63) is 70.8 Å². The summed E-state index contributed by atoms with van der Waals surface area (Å²) in [6.07, 6.45) is 10.3. The zero-order valence-electron chi connectivity index (χ0n) is 15.3. The Balaban J connectivity index is 0.000000166. The number of aliphatic carboxylic acids is 1. The number of hydrogen-bond donors (Lipinski definition) is 2. The molecular weight excluding hydrogens is 344 g/mol. The van der Waals surface area contributed by atoms with Gasteiger partial charge in [-0.2, -0.15) is 0 Å². The van der Waals surface area contributed by atoms with Gasteiger partial charge in [0.2, 0.25) is 0 Å². The van der Waals surface area contributed by atoms with Gasteiger partial charge in [0.25, 0.3) is 5.97 Å². The number of carboxylic acids is 1. The number of phenols is 1. The second-order valence-corrected chi connectivity index (χ2v) is 6.07. The highest BCUT2D eigenvalue weighted by Gasteiger charge is 2.06. The van der Waals surface area contributed by atoms with E-state index < -0.39 is 5.97 Å². The molecule has 0 amide bonds. The van der Waals surface area contributed by atoms with Crippen LogP contribution in [-0.2, 0) is 22.4 Å². The molecule has 2 aromatic carbocycles. The molecule has 0 fully saturated rings. The van der Waals surface area contributed by atoms with Gasteiger partial charge >= 0.3 is 5.97 Å². The molecule has 0 atom stereocenters. The summed E-state index contributed by atoms with van der Waals surface area (Å²) in [6.45, 7) is 2.49. The topological polar surface area (TPSA) is 83.8 Å². The van der Waals surface area contributed by atoms with Gasteiger partial charge in [0.1, 0.15) is 11.5 Å². The van der Waals surface area contributed by atoms with E-state index in [1.165, 1.54) is 18.1 Å². The molecule has 5 nitrogen and oxygen atoms in total. The molecular formula is C22H22O5. The number of carbonyl (C=O) groups is 2. The average Bonchev–Trinajstić information content (AvgIpc) is 3.22. The fraction of sp³-hybridized carbons (Fsp3) is 0.182. The van der Waals surface area contributed by atoms with Crippen LogP contribution >= 0.6 is 0 Å². The predicted octanol–water partition coefficient (Wildman–Crippen LogP) is 4.23.